The Morgan fingerprint density at radius 2 is 1.77 bits per heavy atom. The molecule has 4 rings (SSSR count). The Kier molecular flexibility index (Phi) is 7.63. The third kappa shape index (κ3) is 4.46. The number of phenols is 1. The minimum atomic E-state index is 0. The highest BCUT2D eigenvalue weighted by Crippen LogP contribution is 2.37. The molecule has 1 fully saturated rings. The van der Waals surface area contributed by atoms with Gasteiger partial charge in [0.15, 0.2) is 0 Å². The molecule has 0 amide bonds. The second-order valence-electron chi connectivity index (χ2n) is 7.08. The maximum atomic E-state index is 9.53. The van der Waals surface area contributed by atoms with Gasteiger partial charge < -0.3 is 15.3 Å². The van der Waals surface area contributed by atoms with Crippen molar-refractivity contribution < 1.29 is 5.11 Å². The summed E-state index contributed by atoms with van der Waals surface area (Å²) in [5.74, 6) is 1.07. The molecule has 0 saturated carbocycles. The number of fused-ring (bicyclic) bond motifs is 1. The van der Waals surface area contributed by atoms with Crippen molar-refractivity contribution in [3.8, 4) is 5.75 Å². The van der Waals surface area contributed by atoms with E-state index in [1.54, 1.807) is 23.3 Å². The third-order valence-electron chi connectivity index (χ3n) is 5.64. The van der Waals surface area contributed by atoms with Gasteiger partial charge in [-0.1, -0.05) is 24.3 Å². The molecule has 26 heavy (non-hydrogen) atoms. The molecule has 1 aliphatic carbocycles. The number of aryl methyl sites for hydroxylation is 1. The van der Waals surface area contributed by atoms with Crippen molar-refractivity contribution in [2.24, 2.45) is 0 Å². The van der Waals surface area contributed by atoms with Crippen molar-refractivity contribution in [1.29, 1.82) is 0 Å². The first kappa shape index (κ1) is 20.9. The van der Waals surface area contributed by atoms with Crippen molar-refractivity contribution in [3.05, 3.63) is 59.7 Å². The number of nitrogens with one attached hydrogen (secondary N) is 1. The number of piperazine rings is 1. The van der Waals surface area contributed by atoms with Crippen molar-refractivity contribution in [1.82, 2.24) is 5.32 Å². The fraction of sp³-hybridized carbons (Fsp3) is 0.429. The molecule has 2 aromatic carbocycles. The lowest BCUT2D eigenvalue weighted by Gasteiger charge is -2.38. The zero-order valence-electron chi connectivity index (χ0n) is 14.9. The van der Waals surface area contributed by atoms with E-state index in [0.29, 0.717) is 11.8 Å². The van der Waals surface area contributed by atoms with Gasteiger partial charge in [0, 0.05) is 31.4 Å². The molecule has 0 spiro atoms. The highest BCUT2D eigenvalue weighted by Gasteiger charge is 2.26. The Hall–Kier alpha value is -1.42. The summed E-state index contributed by atoms with van der Waals surface area (Å²) in [7, 11) is 0. The molecule has 2 atom stereocenters. The highest BCUT2D eigenvalue weighted by molar-refractivity contribution is 5.85. The van der Waals surface area contributed by atoms with Gasteiger partial charge in [-0.2, -0.15) is 0 Å². The summed E-state index contributed by atoms with van der Waals surface area (Å²) in [6.45, 7) is 3.12. The Morgan fingerprint density at radius 1 is 1.00 bits per heavy atom. The van der Waals surface area contributed by atoms with E-state index in [1.165, 1.54) is 31.4 Å². The maximum Gasteiger partial charge on any atom is 0.115 e. The quantitative estimate of drug-likeness (QED) is 0.799. The molecule has 1 aliphatic heterocycles. The average molecular weight is 395 g/mol. The molecule has 3 nitrogen and oxygen atoms in total. The first-order valence-electron chi connectivity index (χ1n) is 9.15. The van der Waals surface area contributed by atoms with E-state index in [0.717, 1.165) is 25.6 Å². The summed E-state index contributed by atoms with van der Waals surface area (Å²) >= 11 is 0. The molecule has 0 bridgehead atoms. The molecule has 0 aromatic heterocycles. The molecule has 1 saturated heterocycles. The lowest BCUT2D eigenvalue weighted by atomic mass is 9.93. The molecule has 2 N–H and O–H groups in total. The van der Waals surface area contributed by atoms with Crippen molar-refractivity contribution in [3.63, 3.8) is 0 Å². The fourth-order valence-corrected chi connectivity index (χ4v) is 4.34. The second-order valence-corrected chi connectivity index (χ2v) is 7.08. The SMILES string of the molecule is Cl.Cl.Oc1ccc(N2CCNCC2CCC2CCc3ccccc32)cc1. The van der Waals surface area contributed by atoms with Gasteiger partial charge in [0.2, 0.25) is 0 Å². The van der Waals surface area contributed by atoms with E-state index in [4.69, 9.17) is 0 Å². The molecule has 2 aromatic rings. The van der Waals surface area contributed by atoms with Crippen LogP contribution >= 0.6 is 24.8 Å². The van der Waals surface area contributed by atoms with Crippen LogP contribution in [-0.4, -0.2) is 30.8 Å². The van der Waals surface area contributed by atoms with Gasteiger partial charge in [0.05, 0.1) is 0 Å². The van der Waals surface area contributed by atoms with Crippen LogP contribution < -0.4 is 10.2 Å². The lowest BCUT2D eigenvalue weighted by Crippen LogP contribution is -2.51. The van der Waals surface area contributed by atoms with Gasteiger partial charge in [0.25, 0.3) is 0 Å². The van der Waals surface area contributed by atoms with E-state index >= 15 is 0 Å². The Bertz CT molecular complexity index is 693. The number of anilines is 1. The van der Waals surface area contributed by atoms with E-state index in [-0.39, 0.29) is 24.8 Å². The first-order valence-corrected chi connectivity index (χ1v) is 9.15. The van der Waals surface area contributed by atoms with Crippen LogP contribution in [0.2, 0.25) is 0 Å². The van der Waals surface area contributed by atoms with Crippen LogP contribution in [0, 0.1) is 0 Å². The van der Waals surface area contributed by atoms with Gasteiger partial charge >= 0.3 is 0 Å². The van der Waals surface area contributed by atoms with Crippen molar-refractivity contribution in [2.45, 2.75) is 37.6 Å². The maximum absolute atomic E-state index is 9.53. The van der Waals surface area contributed by atoms with Gasteiger partial charge in [-0.25, -0.2) is 0 Å². The molecule has 5 heteroatoms. The highest BCUT2D eigenvalue weighted by atomic mass is 35.5. The summed E-state index contributed by atoms with van der Waals surface area (Å²) in [6.07, 6.45) is 5.02. The Balaban J connectivity index is 0.00000121. The summed E-state index contributed by atoms with van der Waals surface area (Å²) in [5.41, 5.74) is 4.36. The minimum absolute atomic E-state index is 0. The molecule has 1 heterocycles. The Labute approximate surface area is 168 Å². The number of halogens is 2. The van der Waals surface area contributed by atoms with Crippen molar-refractivity contribution in [2.75, 3.05) is 24.5 Å². The van der Waals surface area contributed by atoms with E-state index in [2.05, 4.69) is 34.5 Å². The number of benzene rings is 2. The van der Waals surface area contributed by atoms with E-state index in [9.17, 15) is 5.11 Å². The number of hydrogen-bond acceptors (Lipinski definition) is 3. The molecule has 0 radical (unpaired) electrons. The van der Waals surface area contributed by atoms with Crippen LogP contribution in [0.25, 0.3) is 0 Å². The lowest BCUT2D eigenvalue weighted by molar-refractivity contribution is 0.426. The zero-order valence-corrected chi connectivity index (χ0v) is 16.6. The molecular formula is C21H28Cl2N2O. The van der Waals surface area contributed by atoms with Gasteiger partial charge in [-0.05, 0) is 67.0 Å². The van der Waals surface area contributed by atoms with Crippen LogP contribution in [-0.2, 0) is 6.42 Å². The summed E-state index contributed by atoms with van der Waals surface area (Å²) in [5, 5.41) is 13.1. The number of aromatic hydroxyl groups is 1. The fourth-order valence-electron chi connectivity index (χ4n) is 4.34. The van der Waals surface area contributed by atoms with Crippen molar-refractivity contribution >= 4 is 30.5 Å². The number of phenolic OH excluding ortho intramolecular Hbond substituents is 1. The van der Waals surface area contributed by atoms with E-state index in [1.807, 2.05) is 12.1 Å². The second kappa shape index (κ2) is 9.50. The largest absolute Gasteiger partial charge is 0.508 e. The molecular weight excluding hydrogens is 367 g/mol. The summed E-state index contributed by atoms with van der Waals surface area (Å²) in [6, 6.07) is 17.2. The molecule has 2 aliphatic rings. The smallest absolute Gasteiger partial charge is 0.115 e. The average Bonchev–Trinajstić information content (AvgIpc) is 3.04. The van der Waals surface area contributed by atoms with Gasteiger partial charge in [-0.15, -0.1) is 24.8 Å². The molecule has 2 unspecified atom stereocenters. The number of rotatable bonds is 4. The standard InChI is InChI=1S/C21H26N2O.2ClH/c24-20-11-9-18(10-12-20)23-14-13-22-15-19(23)8-7-17-6-5-16-3-1-2-4-21(16)17;;/h1-4,9-12,17,19,22,24H,5-8,13-15H2;2*1H. The Morgan fingerprint density at radius 3 is 2.58 bits per heavy atom. The first-order chi connectivity index (χ1) is 11.8. The monoisotopic (exact) mass is 394 g/mol. The van der Waals surface area contributed by atoms with Crippen LogP contribution in [0.5, 0.6) is 5.75 Å². The summed E-state index contributed by atoms with van der Waals surface area (Å²) in [4.78, 5) is 2.51. The number of nitrogens with zero attached hydrogens (tertiary/aromatic N) is 1. The minimum Gasteiger partial charge on any atom is -0.508 e. The predicted octanol–water partition coefficient (Wildman–Crippen LogP) is 4.52. The molecule has 142 valence electrons. The predicted molar refractivity (Wildman–Crippen MR) is 113 cm³/mol. The topological polar surface area (TPSA) is 35.5 Å². The van der Waals surface area contributed by atoms with Crippen LogP contribution in [0.4, 0.5) is 5.69 Å². The van der Waals surface area contributed by atoms with Crippen LogP contribution in [0.15, 0.2) is 48.5 Å². The van der Waals surface area contributed by atoms with Crippen LogP contribution in [0.3, 0.4) is 0 Å². The van der Waals surface area contributed by atoms with Gasteiger partial charge in [0.1, 0.15) is 5.75 Å². The summed E-state index contributed by atoms with van der Waals surface area (Å²) < 4.78 is 0. The van der Waals surface area contributed by atoms with Crippen LogP contribution in [0.1, 0.15) is 36.3 Å². The zero-order chi connectivity index (χ0) is 16.4. The number of hydrogen-bond donors (Lipinski definition) is 2. The van der Waals surface area contributed by atoms with E-state index < -0.39 is 0 Å². The van der Waals surface area contributed by atoms with Gasteiger partial charge in [-0.3, -0.25) is 0 Å². The normalized spacial score (nSPS) is 21.5. The third-order valence-corrected chi connectivity index (χ3v) is 5.64.